The van der Waals surface area contributed by atoms with E-state index in [1.54, 1.807) is 31.2 Å². The summed E-state index contributed by atoms with van der Waals surface area (Å²) < 4.78 is 21.9. The molecule has 2 aromatic rings. The number of ether oxygens (including phenoxy) is 3. The van der Waals surface area contributed by atoms with E-state index in [0.717, 1.165) is 0 Å². The Morgan fingerprint density at radius 3 is 2.69 bits per heavy atom. The second kappa shape index (κ2) is 6.62. The largest absolute Gasteiger partial charge is 0.461 e. The summed E-state index contributed by atoms with van der Waals surface area (Å²) in [6.45, 7) is 5.41. The molecule has 8 nitrogen and oxygen atoms in total. The molecule has 2 heterocycles. The molecule has 3 rings (SSSR count). The molecule has 26 heavy (non-hydrogen) atoms. The van der Waals surface area contributed by atoms with Gasteiger partial charge in [0.1, 0.15) is 17.4 Å². The zero-order valence-corrected chi connectivity index (χ0v) is 14.7. The molecular formula is C18H21NO7. The van der Waals surface area contributed by atoms with Gasteiger partial charge in [0.25, 0.3) is 0 Å². The Balaban J connectivity index is 1.90. The van der Waals surface area contributed by atoms with E-state index in [1.165, 1.54) is 6.07 Å². The van der Waals surface area contributed by atoms with Gasteiger partial charge in [0.15, 0.2) is 6.10 Å². The Morgan fingerprint density at radius 1 is 1.27 bits per heavy atom. The number of rotatable bonds is 3. The lowest BCUT2D eigenvalue weighted by molar-refractivity contribution is -0.283. The van der Waals surface area contributed by atoms with Crippen LogP contribution in [-0.4, -0.2) is 35.3 Å². The third kappa shape index (κ3) is 3.51. The normalized spacial score (nSPS) is 27.8. The van der Waals surface area contributed by atoms with Crippen molar-refractivity contribution >= 4 is 17.1 Å². The molecule has 1 saturated heterocycles. The fourth-order valence-electron chi connectivity index (χ4n) is 2.94. The molecular weight excluding hydrogens is 342 g/mol. The second-order valence-electron chi connectivity index (χ2n) is 6.84. The molecule has 1 aromatic carbocycles. The summed E-state index contributed by atoms with van der Waals surface area (Å²) >= 11 is 0. The molecule has 0 saturated carbocycles. The molecule has 140 valence electrons. The van der Waals surface area contributed by atoms with Crippen molar-refractivity contribution in [3.63, 3.8) is 0 Å². The Kier molecular flexibility index (Phi) is 4.64. The number of aliphatic hydroxyl groups excluding tert-OH is 1. The van der Waals surface area contributed by atoms with Crippen molar-refractivity contribution in [1.29, 1.82) is 0 Å². The van der Waals surface area contributed by atoms with Crippen LogP contribution in [0.4, 0.5) is 4.79 Å². The van der Waals surface area contributed by atoms with Crippen LogP contribution in [0.2, 0.25) is 0 Å². The number of fused-ring (bicyclic) bond motifs is 1. The van der Waals surface area contributed by atoms with Gasteiger partial charge in [-0.05, 0) is 38.1 Å². The van der Waals surface area contributed by atoms with Crippen molar-refractivity contribution in [3.05, 3.63) is 40.8 Å². The Labute approximate surface area is 149 Å². The molecule has 0 spiro atoms. The molecule has 0 bridgehead atoms. The van der Waals surface area contributed by atoms with Crippen molar-refractivity contribution in [2.24, 2.45) is 11.7 Å². The number of primary amides is 1. The molecule has 8 heteroatoms. The smallest absolute Gasteiger partial charge is 0.405 e. The second-order valence-corrected chi connectivity index (χ2v) is 6.84. The van der Waals surface area contributed by atoms with Crippen LogP contribution in [0.25, 0.3) is 11.0 Å². The van der Waals surface area contributed by atoms with Gasteiger partial charge in [-0.1, -0.05) is 6.92 Å². The van der Waals surface area contributed by atoms with Crippen LogP contribution in [-0.2, 0) is 9.47 Å². The van der Waals surface area contributed by atoms with Crippen LogP contribution in [0.1, 0.15) is 20.8 Å². The fourth-order valence-corrected chi connectivity index (χ4v) is 2.94. The van der Waals surface area contributed by atoms with E-state index >= 15 is 0 Å². The van der Waals surface area contributed by atoms with Gasteiger partial charge in [0.2, 0.25) is 6.29 Å². The summed E-state index contributed by atoms with van der Waals surface area (Å²) in [7, 11) is 0. The number of carbonyl (C=O) groups is 1. The Morgan fingerprint density at radius 2 is 2.00 bits per heavy atom. The predicted octanol–water partition coefficient (Wildman–Crippen LogP) is 1.77. The van der Waals surface area contributed by atoms with Crippen LogP contribution in [0.5, 0.6) is 5.75 Å². The molecule has 1 aliphatic heterocycles. The third-order valence-electron chi connectivity index (χ3n) is 4.73. The van der Waals surface area contributed by atoms with Crippen LogP contribution in [0.3, 0.4) is 0 Å². The van der Waals surface area contributed by atoms with E-state index in [0.29, 0.717) is 16.7 Å². The van der Waals surface area contributed by atoms with E-state index in [-0.39, 0.29) is 5.92 Å². The van der Waals surface area contributed by atoms with Gasteiger partial charge in [0.05, 0.1) is 5.60 Å². The van der Waals surface area contributed by atoms with Crippen molar-refractivity contribution in [3.8, 4) is 5.75 Å². The average molecular weight is 363 g/mol. The fraction of sp³-hybridized carbons (Fsp3) is 0.444. The maximum absolute atomic E-state index is 11.3. The quantitative estimate of drug-likeness (QED) is 0.797. The topological polar surface area (TPSA) is 121 Å². The number of benzene rings is 1. The number of amides is 1. The van der Waals surface area contributed by atoms with Crippen LogP contribution >= 0.6 is 0 Å². The number of hydrogen-bond acceptors (Lipinski definition) is 7. The van der Waals surface area contributed by atoms with Crippen molar-refractivity contribution in [1.82, 2.24) is 0 Å². The van der Waals surface area contributed by atoms with Gasteiger partial charge in [-0.2, -0.15) is 0 Å². The minimum absolute atomic E-state index is 0.322. The molecule has 0 radical (unpaired) electrons. The van der Waals surface area contributed by atoms with Crippen LogP contribution in [0, 0.1) is 5.92 Å². The average Bonchev–Trinajstić information content (AvgIpc) is 2.56. The summed E-state index contributed by atoms with van der Waals surface area (Å²) in [5.74, 6) is 0.0737. The standard InChI is InChI=1S/C18H21NO7/c1-9-14(21)15(25-17(19)22)16(26-18(9,2)3)23-11-5-6-12-10(8-11)4-7-13(20)24-12/h4-9,14-16,21H,1-3H3,(H2,19,22)/t9-,14+,15+,16?/m1/s1. The predicted molar refractivity (Wildman–Crippen MR) is 91.7 cm³/mol. The maximum atomic E-state index is 11.3. The highest BCUT2D eigenvalue weighted by Gasteiger charge is 2.50. The van der Waals surface area contributed by atoms with Gasteiger partial charge in [-0.3, -0.25) is 0 Å². The highest BCUT2D eigenvalue weighted by atomic mass is 16.7. The molecule has 1 unspecified atom stereocenters. The minimum Gasteiger partial charge on any atom is -0.461 e. The third-order valence-corrected chi connectivity index (χ3v) is 4.73. The monoisotopic (exact) mass is 363 g/mol. The summed E-state index contributed by atoms with van der Waals surface area (Å²) in [5, 5.41) is 11.2. The lowest BCUT2D eigenvalue weighted by Gasteiger charge is -2.46. The highest BCUT2D eigenvalue weighted by molar-refractivity contribution is 5.77. The van der Waals surface area contributed by atoms with Crippen LogP contribution in [0.15, 0.2) is 39.5 Å². The van der Waals surface area contributed by atoms with Gasteiger partial charge < -0.3 is 29.5 Å². The molecule has 1 amide bonds. The van der Waals surface area contributed by atoms with Crippen LogP contribution < -0.4 is 16.1 Å². The zero-order chi connectivity index (χ0) is 19.1. The number of nitrogens with two attached hydrogens (primary N) is 1. The lowest BCUT2D eigenvalue weighted by Crippen LogP contribution is -2.61. The summed E-state index contributed by atoms with van der Waals surface area (Å²) in [6.07, 6.45) is -4.19. The lowest BCUT2D eigenvalue weighted by atomic mass is 9.82. The zero-order valence-electron chi connectivity index (χ0n) is 14.7. The van der Waals surface area contributed by atoms with E-state index < -0.39 is 35.8 Å². The first-order valence-corrected chi connectivity index (χ1v) is 8.20. The molecule has 3 N–H and O–H groups in total. The van der Waals surface area contributed by atoms with Crippen molar-refractivity contribution < 1.29 is 28.5 Å². The maximum Gasteiger partial charge on any atom is 0.405 e. The number of aliphatic hydroxyl groups is 1. The van der Waals surface area contributed by atoms with E-state index in [1.807, 2.05) is 13.8 Å². The number of hydrogen-bond donors (Lipinski definition) is 2. The van der Waals surface area contributed by atoms with Gasteiger partial charge >= 0.3 is 11.7 Å². The van der Waals surface area contributed by atoms with E-state index in [2.05, 4.69) is 0 Å². The Bertz CT molecular complexity index is 875. The Hall–Kier alpha value is -2.58. The first-order chi connectivity index (χ1) is 12.2. The van der Waals surface area contributed by atoms with E-state index in [9.17, 15) is 14.7 Å². The first-order valence-electron chi connectivity index (χ1n) is 8.20. The minimum atomic E-state index is -1.08. The summed E-state index contributed by atoms with van der Waals surface area (Å²) in [6, 6.07) is 7.74. The number of carbonyl (C=O) groups excluding carboxylic acids is 1. The molecule has 1 fully saturated rings. The molecule has 1 aliphatic rings. The first kappa shape index (κ1) is 18.2. The molecule has 4 atom stereocenters. The van der Waals surface area contributed by atoms with Gasteiger partial charge in [-0.25, -0.2) is 9.59 Å². The van der Waals surface area contributed by atoms with Crippen molar-refractivity contribution in [2.75, 3.05) is 0 Å². The van der Waals surface area contributed by atoms with Crippen molar-refractivity contribution in [2.45, 2.75) is 44.9 Å². The molecule has 0 aliphatic carbocycles. The van der Waals surface area contributed by atoms with E-state index in [4.69, 9.17) is 24.4 Å². The summed E-state index contributed by atoms with van der Waals surface area (Å²) in [4.78, 5) is 22.5. The van der Waals surface area contributed by atoms with Gasteiger partial charge in [0, 0.05) is 17.4 Å². The molecule has 1 aromatic heterocycles. The highest BCUT2D eigenvalue weighted by Crippen LogP contribution is 2.36. The summed E-state index contributed by atoms with van der Waals surface area (Å²) in [5.41, 5.74) is 4.36. The SMILES string of the molecule is C[C@@H]1[C@H](O)[C@H](OC(N)=O)C(Oc2ccc3oc(=O)ccc3c2)OC1(C)C. The van der Waals surface area contributed by atoms with Gasteiger partial charge in [-0.15, -0.1) is 0 Å².